The average Bonchev–Trinajstić information content (AvgIpc) is 3.04. The molecule has 1 aliphatic rings. The molecule has 0 fully saturated rings. The molecule has 0 aromatic rings. The van der Waals surface area contributed by atoms with Crippen LogP contribution in [-0.2, 0) is 4.79 Å². The van der Waals surface area contributed by atoms with Gasteiger partial charge in [-0.15, -0.1) is 13.2 Å². The minimum atomic E-state index is -0.906. The summed E-state index contributed by atoms with van der Waals surface area (Å²) in [5, 5.41) is 0. The maximum atomic E-state index is 13.8. The Morgan fingerprint density at radius 2 is 1.12 bits per heavy atom. The monoisotopic (exact) mass is 452 g/mol. The van der Waals surface area contributed by atoms with Crippen LogP contribution in [0.3, 0.4) is 0 Å². The summed E-state index contributed by atoms with van der Waals surface area (Å²) in [6.45, 7) is 39.6. The van der Waals surface area contributed by atoms with E-state index in [1.807, 2.05) is 113 Å². The van der Waals surface area contributed by atoms with Crippen molar-refractivity contribution in [2.75, 3.05) is 0 Å². The third-order valence-corrected chi connectivity index (χ3v) is 4.85. The summed E-state index contributed by atoms with van der Waals surface area (Å²) in [6, 6.07) is 0. The molecule has 1 unspecified atom stereocenters. The summed E-state index contributed by atoms with van der Waals surface area (Å²) in [7, 11) is 0. The van der Waals surface area contributed by atoms with Gasteiger partial charge in [0, 0.05) is 0 Å². The topological polar surface area (TPSA) is 17.1 Å². The third kappa shape index (κ3) is 8.00. The molecule has 1 nitrogen and oxygen atoms in total. The Morgan fingerprint density at radius 3 is 1.42 bits per heavy atom. The molecule has 0 aliphatic heterocycles. The van der Waals surface area contributed by atoms with E-state index in [1.54, 1.807) is 18.2 Å². The lowest BCUT2D eigenvalue weighted by Crippen LogP contribution is -2.38. The number of hydrogen-bond acceptors (Lipinski definition) is 1. The van der Waals surface area contributed by atoms with E-state index in [2.05, 4.69) is 32.9 Å². The molecule has 0 saturated heterocycles. The summed E-state index contributed by atoms with van der Waals surface area (Å²) in [5.41, 5.74) is 2.09. The van der Waals surface area contributed by atoms with Crippen molar-refractivity contribution >= 4 is 5.78 Å². The predicted molar refractivity (Wildman–Crippen MR) is 156 cm³/mol. The van der Waals surface area contributed by atoms with E-state index >= 15 is 0 Å². The highest BCUT2D eigenvalue weighted by Gasteiger charge is 2.58. The van der Waals surface area contributed by atoms with Gasteiger partial charge in [-0.25, -0.2) is 0 Å². The molecular formula is C32H52O. The molecule has 1 atom stereocenters. The van der Waals surface area contributed by atoms with Crippen LogP contribution in [0.4, 0.5) is 0 Å². The van der Waals surface area contributed by atoms with Gasteiger partial charge in [0.1, 0.15) is 5.41 Å². The molecule has 0 saturated carbocycles. The first kappa shape index (κ1) is 37.6. The Balaban J connectivity index is -0.000000472. The molecule has 0 bridgehead atoms. The first-order chi connectivity index (χ1) is 15.8. The normalized spacial score (nSPS) is 19.2. The molecular weight excluding hydrogens is 400 g/mol. The highest BCUT2D eigenvalue weighted by molar-refractivity contribution is 6.06. The number of carbonyl (C=O) groups is 1. The molecule has 0 aromatic heterocycles. The first-order valence-corrected chi connectivity index (χ1v) is 12.1. The van der Waals surface area contributed by atoms with Gasteiger partial charge < -0.3 is 0 Å². The minimum Gasteiger partial charge on any atom is -0.297 e. The van der Waals surface area contributed by atoms with Crippen molar-refractivity contribution in [3.63, 3.8) is 0 Å². The van der Waals surface area contributed by atoms with Crippen LogP contribution >= 0.6 is 0 Å². The van der Waals surface area contributed by atoms with Gasteiger partial charge in [0.05, 0.1) is 5.41 Å². The standard InChI is InChI=1S/C24H30O.3C2H6.C2H4/c1-9-15-18(12-4)24(19(16-10-2)17-11-3)21(14-6)20(13-5)23(7,8)22(24)25;4*1-2/h9-17H,2,5-6H2,1,3-4,7-8H3;3*1-2H3;1-2H2/b15-9-,17-11-,18-12+,19-16+;;;;. The Bertz CT molecular complexity index is 747. The van der Waals surface area contributed by atoms with Crippen LogP contribution in [0.2, 0.25) is 0 Å². The van der Waals surface area contributed by atoms with E-state index in [0.717, 1.165) is 22.3 Å². The minimum absolute atomic E-state index is 0.127. The molecule has 33 heavy (non-hydrogen) atoms. The van der Waals surface area contributed by atoms with Crippen molar-refractivity contribution in [1.82, 2.24) is 0 Å². The van der Waals surface area contributed by atoms with E-state index in [9.17, 15) is 4.79 Å². The smallest absolute Gasteiger partial charge is 0.162 e. The molecule has 0 N–H and O–H groups in total. The third-order valence-electron chi connectivity index (χ3n) is 4.85. The summed E-state index contributed by atoms with van der Waals surface area (Å²) in [4.78, 5) is 13.8. The molecule has 1 heteroatoms. The molecule has 186 valence electrons. The number of rotatable bonds is 7. The largest absolute Gasteiger partial charge is 0.297 e. The van der Waals surface area contributed by atoms with Gasteiger partial charge in [-0.1, -0.05) is 116 Å². The van der Waals surface area contributed by atoms with Gasteiger partial charge in [0.15, 0.2) is 5.78 Å². The second-order valence-electron chi connectivity index (χ2n) is 6.54. The van der Waals surface area contributed by atoms with Crippen LogP contribution in [0.5, 0.6) is 0 Å². The zero-order valence-electron chi connectivity index (χ0n) is 23.6. The average molecular weight is 453 g/mol. The maximum Gasteiger partial charge on any atom is 0.162 e. The second kappa shape index (κ2) is 21.2. The zero-order valence-corrected chi connectivity index (χ0v) is 23.6. The molecule has 0 radical (unpaired) electrons. The van der Waals surface area contributed by atoms with Crippen molar-refractivity contribution < 1.29 is 4.79 Å². The molecule has 1 rings (SSSR count). The van der Waals surface area contributed by atoms with Crippen LogP contribution < -0.4 is 0 Å². The Kier molecular flexibility index (Phi) is 24.2. The fraction of sp³-hybridized carbons (Fsp3) is 0.406. The van der Waals surface area contributed by atoms with Crippen molar-refractivity contribution in [2.45, 2.75) is 76.2 Å². The van der Waals surface area contributed by atoms with E-state index in [0.29, 0.717) is 0 Å². The number of Topliss-reactive ketones (excluding diaryl/α,β-unsaturated/α-hetero) is 1. The SMILES string of the molecule is C=C.C=C/C=C(\C=C/C)C1(C(/C=C\C)=C/C)C(=O)C(C)(C)C(C=C)=C1C=C.CC.CC.CC. The molecule has 0 heterocycles. The van der Waals surface area contributed by atoms with Crippen molar-refractivity contribution in [1.29, 1.82) is 0 Å². The second-order valence-corrected chi connectivity index (χ2v) is 6.54. The fourth-order valence-corrected chi connectivity index (χ4v) is 3.85. The summed E-state index contributed by atoms with van der Waals surface area (Å²) >= 11 is 0. The van der Waals surface area contributed by atoms with E-state index in [4.69, 9.17) is 0 Å². The lowest BCUT2D eigenvalue weighted by Gasteiger charge is -2.35. The zero-order chi connectivity index (χ0) is 27.3. The first-order valence-electron chi connectivity index (χ1n) is 12.1. The predicted octanol–water partition coefficient (Wildman–Crippen LogP) is 10.3. The fourth-order valence-electron chi connectivity index (χ4n) is 3.85. The van der Waals surface area contributed by atoms with Crippen molar-refractivity contribution in [3.05, 3.63) is 110 Å². The van der Waals surface area contributed by atoms with Gasteiger partial charge in [-0.05, 0) is 56.9 Å². The number of allylic oxidation sites excluding steroid dienone is 13. The van der Waals surface area contributed by atoms with Crippen molar-refractivity contribution in [3.8, 4) is 0 Å². The van der Waals surface area contributed by atoms with Crippen LogP contribution in [0.1, 0.15) is 76.2 Å². The van der Waals surface area contributed by atoms with Crippen molar-refractivity contribution in [2.24, 2.45) is 10.8 Å². The highest BCUT2D eigenvalue weighted by Crippen LogP contribution is 2.58. The number of ketones is 1. The summed E-state index contributed by atoms with van der Waals surface area (Å²) in [6.07, 6.45) is 17.1. The molecule has 1 aliphatic carbocycles. The van der Waals surface area contributed by atoms with Gasteiger partial charge in [0.25, 0.3) is 0 Å². The van der Waals surface area contributed by atoms with Crippen LogP contribution in [0, 0.1) is 10.8 Å². The van der Waals surface area contributed by atoms with Crippen LogP contribution in [-0.4, -0.2) is 5.78 Å². The lowest BCUT2D eigenvalue weighted by atomic mass is 9.65. The molecule has 0 aromatic carbocycles. The Labute approximate surface area is 207 Å². The maximum absolute atomic E-state index is 13.8. The highest BCUT2D eigenvalue weighted by atomic mass is 16.1. The summed E-state index contributed by atoms with van der Waals surface area (Å²) < 4.78 is 0. The van der Waals surface area contributed by atoms with Gasteiger partial charge in [-0.3, -0.25) is 4.79 Å². The number of hydrogen-bond donors (Lipinski definition) is 0. The Hall–Kier alpha value is -2.67. The van der Waals surface area contributed by atoms with Gasteiger partial charge in [0.2, 0.25) is 0 Å². The molecule has 0 amide bonds. The quantitative estimate of drug-likeness (QED) is 0.277. The lowest BCUT2D eigenvalue weighted by molar-refractivity contribution is -0.128. The van der Waals surface area contributed by atoms with Gasteiger partial charge >= 0.3 is 0 Å². The van der Waals surface area contributed by atoms with Crippen LogP contribution in [0.25, 0.3) is 0 Å². The van der Waals surface area contributed by atoms with Gasteiger partial charge in [-0.2, -0.15) is 0 Å². The Morgan fingerprint density at radius 1 is 0.727 bits per heavy atom. The summed E-state index contributed by atoms with van der Waals surface area (Å²) in [5.74, 6) is 0.127. The van der Waals surface area contributed by atoms with Crippen LogP contribution in [0.15, 0.2) is 110 Å². The van der Waals surface area contributed by atoms with E-state index in [1.165, 1.54) is 0 Å². The number of carbonyl (C=O) groups excluding carboxylic acids is 1. The van der Waals surface area contributed by atoms with E-state index in [-0.39, 0.29) is 5.78 Å². The molecule has 0 spiro atoms. The van der Waals surface area contributed by atoms with E-state index < -0.39 is 10.8 Å².